The quantitative estimate of drug-likeness (QED) is 0.230. The number of carboxylic acids is 1. The minimum Gasteiger partial charge on any atom is -0.481 e. The Bertz CT molecular complexity index is 689. The molecule has 0 radical (unpaired) electrons. The molecule has 8 nitrogen and oxygen atoms in total. The van der Waals surface area contributed by atoms with Crippen LogP contribution in [0.3, 0.4) is 0 Å². The molecule has 8 heteroatoms. The molecule has 0 spiro atoms. The lowest BCUT2D eigenvalue weighted by Crippen LogP contribution is -2.48. The van der Waals surface area contributed by atoms with Gasteiger partial charge in [-0.2, -0.15) is 0 Å². The minimum atomic E-state index is -1.51. The van der Waals surface area contributed by atoms with Crippen LogP contribution in [0.15, 0.2) is 11.6 Å². The molecule has 0 saturated heterocycles. The van der Waals surface area contributed by atoms with Gasteiger partial charge in [0.25, 0.3) is 0 Å². The Morgan fingerprint density at radius 3 is 1.80 bits per heavy atom. The lowest BCUT2D eigenvalue weighted by Gasteiger charge is -2.38. The van der Waals surface area contributed by atoms with Gasteiger partial charge in [0.1, 0.15) is 13.2 Å². The van der Waals surface area contributed by atoms with Crippen molar-refractivity contribution in [1.82, 2.24) is 0 Å². The molecule has 0 aliphatic heterocycles. The van der Waals surface area contributed by atoms with Gasteiger partial charge in [0.15, 0.2) is 0 Å². The molecule has 0 aliphatic carbocycles. The number of methoxy groups -OCH3 is 1. The Morgan fingerprint density at radius 2 is 1.40 bits per heavy atom. The fourth-order valence-electron chi connectivity index (χ4n) is 2.50. The summed E-state index contributed by atoms with van der Waals surface area (Å²) in [5, 5.41) is 9.26. The van der Waals surface area contributed by atoms with Crippen LogP contribution in [0.25, 0.3) is 0 Å². The average molecular weight is 429 g/mol. The Morgan fingerprint density at radius 1 is 0.933 bits per heavy atom. The maximum absolute atomic E-state index is 13.0. The van der Waals surface area contributed by atoms with Gasteiger partial charge in [0, 0.05) is 0 Å². The highest BCUT2D eigenvalue weighted by Crippen LogP contribution is 2.43. The maximum atomic E-state index is 13.0. The second-order valence-corrected chi connectivity index (χ2v) is 8.78. The molecule has 0 aliphatic rings. The number of aliphatic carboxylic acids is 1. The minimum absolute atomic E-state index is 0.128. The molecule has 30 heavy (non-hydrogen) atoms. The highest BCUT2D eigenvalue weighted by atomic mass is 16.6. The van der Waals surface area contributed by atoms with Gasteiger partial charge in [-0.1, -0.05) is 18.6 Å². The maximum Gasteiger partial charge on any atom is 0.316 e. The van der Waals surface area contributed by atoms with E-state index in [0.29, 0.717) is 12.0 Å². The predicted molar refractivity (Wildman–Crippen MR) is 110 cm³/mol. The fraction of sp³-hybridized carbons (Fsp3) is 0.727. The standard InChI is InChI=1S/C22H36O8/c1-10-20(4,5)17(25)29-11-12-30-19(27)22(8,21(6,7)18(26)28-9)13-14(2)15(3)16(23)24/h13,15H,10-12H2,1-9H3,(H,23,24). The summed E-state index contributed by atoms with van der Waals surface area (Å²) in [6.07, 6.45) is 2.04. The molecular formula is C22H36O8. The van der Waals surface area contributed by atoms with Gasteiger partial charge in [0.05, 0.1) is 29.3 Å². The molecule has 0 heterocycles. The van der Waals surface area contributed by atoms with Crippen molar-refractivity contribution >= 4 is 23.9 Å². The van der Waals surface area contributed by atoms with Crippen LogP contribution in [0.5, 0.6) is 0 Å². The summed E-state index contributed by atoms with van der Waals surface area (Å²) in [6.45, 7) is 12.7. The zero-order valence-electron chi connectivity index (χ0n) is 19.6. The first-order valence-electron chi connectivity index (χ1n) is 9.93. The van der Waals surface area contributed by atoms with Crippen LogP contribution < -0.4 is 0 Å². The van der Waals surface area contributed by atoms with Crippen molar-refractivity contribution in [2.24, 2.45) is 22.2 Å². The number of carboxylic acid groups (broad SMARTS) is 1. The molecule has 0 aromatic rings. The number of hydrogen-bond acceptors (Lipinski definition) is 7. The van der Waals surface area contributed by atoms with Crippen molar-refractivity contribution in [3.05, 3.63) is 11.6 Å². The van der Waals surface area contributed by atoms with Gasteiger partial charge >= 0.3 is 23.9 Å². The largest absolute Gasteiger partial charge is 0.481 e. The van der Waals surface area contributed by atoms with Crippen molar-refractivity contribution in [3.8, 4) is 0 Å². The Hall–Kier alpha value is -2.38. The molecule has 172 valence electrons. The van der Waals surface area contributed by atoms with Gasteiger partial charge in [-0.15, -0.1) is 0 Å². The van der Waals surface area contributed by atoms with E-state index in [1.54, 1.807) is 20.8 Å². The first-order chi connectivity index (χ1) is 13.6. The summed E-state index contributed by atoms with van der Waals surface area (Å²) in [6, 6.07) is 0. The van der Waals surface area contributed by atoms with Crippen molar-refractivity contribution in [1.29, 1.82) is 0 Å². The second-order valence-electron chi connectivity index (χ2n) is 8.78. The van der Waals surface area contributed by atoms with Crippen LogP contribution in [0, 0.1) is 22.2 Å². The summed E-state index contributed by atoms with van der Waals surface area (Å²) in [5.41, 5.74) is -3.10. The third-order valence-corrected chi connectivity index (χ3v) is 5.97. The molecule has 1 N–H and O–H groups in total. The number of carbonyl (C=O) groups excluding carboxylic acids is 3. The van der Waals surface area contributed by atoms with E-state index >= 15 is 0 Å². The molecule has 0 aromatic carbocycles. The van der Waals surface area contributed by atoms with E-state index < -0.39 is 46.0 Å². The van der Waals surface area contributed by atoms with Crippen LogP contribution in [0.4, 0.5) is 0 Å². The summed E-state index contributed by atoms with van der Waals surface area (Å²) in [4.78, 5) is 48.7. The highest BCUT2D eigenvalue weighted by Gasteiger charge is 2.52. The first-order valence-corrected chi connectivity index (χ1v) is 9.93. The van der Waals surface area contributed by atoms with Crippen molar-refractivity contribution in [2.75, 3.05) is 20.3 Å². The summed E-state index contributed by atoms with van der Waals surface area (Å²) in [5.74, 6) is -3.71. The molecule has 0 saturated carbocycles. The normalized spacial score (nSPS) is 15.6. The van der Waals surface area contributed by atoms with E-state index in [4.69, 9.17) is 14.2 Å². The molecule has 2 unspecified atom stereocenters. The van der Waals surface area contributed by atoms with Crippen molar-refractivity contribution in [3.63, 3.8) is 0 Å². The van der Waals surface area contributed by atoms with Crippen LogP contribution in [0.1, 0.15) is 61.8 Å². The molecular weight excluding hydrogens is 392 g/mol. The third kappa shape index (κ3) is 6.31. The number of esters is 3. The lowest BCUT2D eigenvalue weighted by atomic mass is 9.65. The smallest absolute Gasteiger partial charge is 0.316 e. The van der Waals surface area contributed by atoms with E-state index in [0.717, 1.165) is 0 Å². The highest BCUT2D eigenvalue weighted by molar-refractivity contribution is 5.89. The molecule has 0 fully saturated rings. The number of hydrogen-bond donors (Lipinski definition) is 1. The summed E-state index contributed by atoms with van der Waals surface area (Å²) < 4.78 is 15.3. The zero-order valence-corrected chi connectivity index (χ0v) is 19.6. The topological polar surface area (TPSA) is 116 Å². The van der Waals surface area contributed by atoms with Gasteiger partial charge in [-0.25, -0.2) is 0 Å². The van der Waals surface area contributed by atoms with Gasteiger partial charge in [-0.3, -0.25) is 19.2 Å². The van der Waals surface area contributed by atoms with E-state index in [-0.39, 0.29) is 13.2 Å². The molecule has 0 rings (SSSR count). The number of ether oxygens (including phenoxy) is 3. The van der Waals surface area contributed by atoms with Crippen LogP contribution in [0.2, 0.25) is 0 Å². The van der Waals surface area contributed by atoms with Crippen LogP contribution in [-0.2, 0) is 33.4 Å². The van der Waals surface area contributed by atoms with E-state index in [1.807, 2.05) is 6.92 Å². The molecule has 0 bridgehead atoms. The summed E-state index contributed by atoms with van der Waals surface area (Å²) in [7, 11) is 1.21. The second kappa shape index (κ2) is 10.6. The fourth-order valence-corrected chi connectivity index (χ4v) is 2.50. The Kier molecular flexibility index (Phi) is 9.75. The van der Waals surface area contributed by atoms with Gasteiger partial charge in [-0.05, 0) is 54.9 Å². The molecule has 2 atom stereocenters. The number of rotatable bonds is 11. The van der Waals surface area contributed by atoms with Crippen molar-refractivity contribution < 1.29 is 38.5 Å². The zero-order chi connectivity index (χ0) is 23.9. The van der Waals surface area contributed by atoms with E-state index in [1.165, 1.54) is 40.9 Å². The van der Waals surface area contributed by atoms with Crippen LogP contribution >= 0.6 is 0 Å². The lowest BCUT2D eigenvalue weighted by molar-refractivity contribution is -0.173. The SMILES string of the molecule is CCC(C)(C)C(=O)OCCOC(=O)C(C)(C=C(C)C(C)C(=O)O)C(C)(C)C(=O)OC. The molecule has 0 aromatic heterocycles. The van der Waals surface area contributed by atoms with Gasteiger partial charge < -0.3 is 19.3 Å². The van der Waals surface area contributed by atoms with E-state index in [2.05, 4.69) is 0 Å². The van der Waals surface area contributed by atoms with Crippen LogP contribution in [-0.4, -0.2) is 49.3 Å². The van der Waals surface area contributed by atoms with Crippen molar-refractivity contribution in [2.45, 2.75) is 61.8 Å². The predicted octanol–water partition coefficient (Wildman–Crippen LogP) is 3.38. The average Bonchev–Trinajstić information content (AvgIpc) is 2.68. The van der Waals surface area contributed by atoms with Gasteiger partial charge in [0.2, 0.25) is 0 Å². The Labute approximate surface area is 178 Å². The molecule has 0 amide bonds. The Balaban J connectivity index is 5.61. The first kappa shape index (κ1) is 27.6. The number of carbonyl (C=O) groups is 4. The monoisotopic (exact) mass is 428 g/mol. The summed E-state index contributed by atoms with van der Waals surface area (Å²) >= 11 is 0. The third-order valence-electron chi connectivity index (χ3n) is 5.97. The van der Waals surface area contributed by atoms with E-state index in [9.17, 15) is 24.3 Å².